The molecule has 1 atom stereocenters. The number of nitro groups is 1. The summed E-state index contributed by atoms with van der Waals surface area (Å²) in [4.78, 5) is 53.3. The summed E-state index contributed by atoms with van der Waals surface area (Å²) in [6.07, 6.45) is 0.634. The SMILES string of the molecule is CC(C)NC(=O)[C@@H]1COC2(CCN(C(=O)c3cccc([N+](=O)[O-])c3)CC2)N1C(=O)c1ccccc1. The lowest BCUT2D eigenvalue weighted by atomic mass is 9.96. The summed E-state index contributed by atoms with van der Waals surface area (Å²) in [6, 6.07) is 13.5. The van der Waals surface area contributed by atoms with E-state index in [2.05, 4.69) is 5.32 Å². The van der Waals surface area contributed by atoms with Gasteiger partial charge in [-0.05, 0) is 32.0 Å². The van der Waals surface area contributed by atoms with Gasteiger partial charge in [0.05, 0.1) is 11.5 Å². The molecule has 2 aromatic rings. The third kappa shape index (κ3) is 4.88. The first-order valence-corrected chi connectivity index (χ1v) is 11.6. The fourth-order valence-corrected chi connectivity index (χ4v) is 4.66. The van der Waals surface area contributed by atoms with Crippen LogP contribution in [0.15, 0.2) is 54.6 Å². The van der Waals surface area contributed by atoms with Crippen molar-refractivity contribution in [1.82, 2.24) is 15.1 Å². The van der Waals surface area contributed by atoms with Crippen LogP contribution < -0.4 is 5.32 Å². The first-order valence-electron chi connectivity index (χ1n) is 11.6. The quantitative estimate of drug-likeness (QED) is 0.519. The summed E-state index contributed by atoms with van der Waals surface area (Å²) in [7, 11) is 0. The van der Waals surface area contributed by atoms with Gasteiger partial charge in [0.2, 0.25) is 5.91 Å². The number of ether oxygens (including phenoxy) is 1. The minimum Gasteiger partial charge on any atom is -0.353 e. The average Bonchev–Trinajstić information content (AvgIpc) is 3.22. The Morgan fingerprint density at radius 2 is 1.69 bits per heavy atom. The number of nitro benzene ring substituents is 1. The van der Waals surface area contributed by atoms with Gasteiger partial charge in [-0.15, -0.1) is 0 Å². The zero-order valence-corrected chi connectivity index (χ0v) is 19.7. The van der Waals surface area contributed by atoms with Crippen molar-refractivity contribution in [1.29, 1.82) is 0 Å². The molecular weight excluding hydrogens is 452 g/mol. The number of nitrogens with one attached hydrogen (secondary N) is 1. The van der Waals surface area contributed by atoms with E-state index in [-0.39, 0.29) is 54.7 Å². The van der Waals surface area contributed by atoms with E-state index in [4.69, 9.17) is 4.74 Å². The molecule has 0 unspecified atom stereocenters. The highest BCUT2D eigenvalue weighted by Crippen LogP contribution is 2.39. The maximum absolute atomic E-state index is 13.6. The number of likely N-dealkylation sites (tertiary alicyclic amines) is 1. The molecule has 0 aliphatic carbocycles. The largest absolute Gasteiger partial charge is 0.353 e. The Hall–Kier alpha value is -3.79. The van der Waals surface area contributed by atoms with Crippen molar-refractivity contribution in [3.8, 4) is 0 Å². The normalized spacial score (nSPS) is 19.1. The Balaban J connectivity index is 1.56. The monoisotopic (exact) mass is 480 g/mol. The predicted molar refractivity (Wildman–Crippen MR) is 127 cm³/mol. The zero-order chi connectivity index (χ0) is 25.2. The summed E-state index contributed by atoms with van der Waals surface area (Å²) in [5.74, 6) is -0.904. The van der Waals surface area contributed by atoms with E-state index in [0.717, 1.165) is 0 Å². The van der Waals surface area contributed by atoms with Crippen molar-refractivity contribution < 1.29 is 24.0 Å². The molecule has 3 amide bonds. The molecule has 10 heteroatoms. The van der Waals surface area contributed by atoms with Gasteiger partial charge in [-0.3, -0.25) is 29.4 Å². The molecule has 2 aromatic carbocycles. The number of carbonyl (C=O) groups is 3. The maximum Gasteiger partial charge on any atom is 0.270 e. The van der Waals surface area contributed by atoms with Gasteiger partial charge in [0, 0.05) is 55.2 Å². The second-order valence-electron chi connectivity index (χ2n) is 9.08. The first kappa shape index (κ1) is 24.3. The number of piperidine rings is 1. The number of amides is 3. The molecular formula is C25H28N4O6. The van der Waals surface area contributed by atoms with Gasteiger partial charge in [-0.1, -0.05) is 24.3 Å². The molecule has 1 N–H and O–H groups in total. The Labute approximate surface area is 203 Å². The topological polar surface area (TPSA) is 122 Å². The smallest absolute Gasteiger partial charge is 0.270 e. The van der Waals surface area contributed by atoms with Crippen LogP contribution in [0.25, 0.3) is 0 Å². The third-order valence-corrected chi connectivity index (χ3v) is 6.37. The Bertz CT molecular complexity index is 1130. The molecule has 2 aliphatic rings. The van der Waals surface area contributed by atoms with Crippen LogP contribution in [-0.2, 0) is 9.53 Å². The van der Waals surface area contributed by atoms with Gasteiger partial charge < -0.3 is 15.0 Å². The van der Waals surface area contributed by atoms with Crippen LogP contribution in [0, 0.1) is 10.1 Å². The first-order chi connectivity index (χ1) is 16.7. The van der Waals surface area contributed by atoms with Crippen LogP contribution in [0.2, 0.25) is 0 Å². The summed E-state index contributed by atoms with van der Waals surface area (Å²) in [5, 5.41) is 14.0. The molecule has 10 nitrogen and oxygen atoms in total. The molecule has 2 fully saturated rings. The van der Waals surface area contributed by atoms with E-state index < -0.39 is 16.7 Å². The average molecular weight is 481 g/mol. The molecule has 2 saturated heterocycles. The molecule has 0 bridgehead atoms. The van der Waals surface area contributed by atoms with Crippen LogP contribution in [0.3, 0.4) is 0 Å². The number of carbonyl (C=O) groups excluding carboxylic acids is 3. The molecule has 0 aromatic heterocycles. The van der Waals surface area contributed by atoms with Crippen LogP contribution in [0.1, 0.15) is 47.4 Å². The van der Waals surface area contributed by atoms with Crippen molar-refractivity contribution in [3.05, 3.63) is 75.8 Å². The Kier molecular flexibility index (Phi) is 6.83. The highest BCUT2D eigenvalue weighted by atomic mass is 16.6. The second kappa shape index (κ2) is 9.83. The molecule has 0 radical (unpaired) electrons. The van der Waals surface area contributed by atoms with E-state index in [1.165, 1.54) is 23.1 Å². The van der Waals surface area contributed by atoms with Crippen molar-refractivity contribution in [2.75, 3.05) is 19.7 Å². The van der Waals surface area contributed by atoms with E-state index in [0.29, 0.717) is 18.4 Å². The fourth-order valence-electron chi connectivity index (χ4n) is 4.66. The fraction of sp³-hybridized carbons (Fsp3) is 0.400. The molecule has 0 saturated carbocycles. The van der Waals surface area contributed by atoms with E-state index in [1.807, 2.05) is 19.9 Å². The lowest BCUT2D eigenvalue weighted by Crippen LogP contribution is -2.60. The van der Waals surface area contributed by atoms with Crippen LogP contribution in [0.4, 0.5) is 5.69 Å². The van der Waals surface area contributed by atoms with E-state index in [9.17, 15) is 24.5 Å². The van der Waals surface area contributed by atoms with Crippen molar-refractivity contribution in [2.45, 2.75) is 44.5 Å². The van der Waals surface area contributed by atoms with Gasteiger partial charge in [0.15, 0.2) is 0 Å². The molecule has 184 valence electrons. The minimum absolute atomic E-state index is 0.0654. The highest BCUT2D eigenvalue weighted by molar-refractivity contribution is 5.98. The highest BCUT2D eigenvalue weighted by Gasteiger charge is 2.54. The van der Waals surface area contributed by atoms with E-state index >= 15 is 0 Å². The van der Waals surface area contributed by atoms with Crippen LogP contribution in [-0.4, -0.2) is 69.9 Å². The second-order valence-corrected chi connectivity index (χ2v) is 9.08. The molecule has 2 heterocycles. The van der Waals surface area contributed by atoms with Crippen molar-refractivity contribution in [3.63, 3.8) is 0 Å². The summed E-state index contributed by atoms with van der Waals surface area (Å²) in [5.41, 5.74) is -0.489. The van der Waals surface area contributed by atoms with Gasteiger partial charge in [0.1, 0.15) is 11.8 Å². The number of hydrogen-bond acceptors (Lipinski definition) is 6. The van der Waals surface area contributed by atoms with Crippen molar-refractivity contribution in [2.24, 2.45) is 0 Å². The number of hydrogen-bond donors (Lipinski definition) is 1. The standard InChI is InChI=1S/C25H28N4O6/c1-17(2)26-22(30)21-16-35-25(28(21)24(32)18-7-4-3-5-8-18)11-13-27(14-12-25)23(31)19-9-6-10-20(15-19)29(33)34/h3-10,15,17,21H,11-14,16H2,1-2H3,(H,26,30)/t21-/m0/s1. The number of benzene rings is 2. The van der Waals surface area contributed by atoms with Gasteiger partial charge in [-0.2, -0.15) is 0 Å². The van der Waals surface area contributed by atoms with Gasteiger partial charge in [-0.25, -0.2) is 0 Å². The molecule has 1 spiro atoms. The maximum atomic E-state index is 13.6. The summed E-state index contributed by atoms with van der Waals surface area (Å²) >= 11 is 0. The molecule has 4 rings (SSSR count). The number of rotatable bonds is 5. The minimum atomic E-state index is -1.02. The lowest BCUT2D eigenvalue weighted by molar-refractivity contribution is -0.384. The molecule has 2 aliphatic heterocycles. The summed E-state index contributed by atoms with van der Waals surface area (Å²) < 4.78 is 6.15. The lowest BCUT2D eigenvalue weighted by Gasteiger charge is -2.44. The van der Waals surface area contributed by atoms with Crippen molar-refractivity contribution >= 4 is 23.4 Å². The Morgan fingerprint density at radius 3 is 2.31 bits per heavy atom. The van der Waals surface area contributed by atoms with E-state index in [1.54, 1.807) is 35.2 Å². The van der Waals surface area contributed by atoms with Crippen LogP contribution in [0.5, 0.6) is 0 Å². The molecule has 35 heavy (non-hydrogen) atoms. The number of non-ortho nitro benzene ring substituents is 1. The van der Waals surface area contributed by atoms with Gasteiger partial charge in [0.25, 0.3) is 17.5 Å². The summed E-state index contributed by atoms with van der Waals surface area (Å²) in [6.45, 7) is 4.32. The van der Waals surface area contributed by atoms with Crippen LogP contribution >= 0.6 is 0 Å². The Morgan fingerprint density at radius 1 is 1.03 bits per heavy atom. The number of nitrogens with zero attached hydrogens (tertiary/aromatic N) is 3. The van der Waals surface area contributed by atoms with Gasteiger partial charge >= 0.3 is 0 Å². The predicted octanol–water partition coefficient (Wildman–Crippen LogP) is 2.59. The third-order valence-electron chi connectivity index (χ3n) is 6.37. The zero-order valence-electron chi connectivity index (χ0n) is 19.7.